The second-order valence-electron chi connectivity index (χ2n) is 5.15. The van der Waals surface area contributed by atoms with E-state index in [4.69, 9.17) is 4.74 Å². The topological polar surface area (TPSA) is 38.3 Å². The maximum Gasteiger partial charge on any atom is 0.328 e. The Bertz CT molecular complexity index is 444. The van der Waals surface area contributed by atoms with Crippen molar-refractivity contribution in [2.24, 2.45) is 0 Å². The lowest BCUT2D eigenvalue weighted by molar-refractivity contribution is -0.141. The molecule has 0 amide bonds. The first kappa shape index (κ1) is 15.2. The SMILES string of the molecule is CCC(Nc1ccccc1SC1CCCC1)C(=O)OC. The van der Waals surface area contributed by atoms with Crippen LogP contribution in [0.15, 0.2) is 29.2 Å². The van der Waals surface area contributed by atoms with Crippen LogP contribution in [0.25, 0.3) is 0 Å². The van der Waals surface area contributed by atoms with Crippen molar-refractivity contribution >= 4 is 23.4 Å². The number of esters is 1. The Labute approximate surface area is 125 Å². The molecular weight excluding hydrogens is 270 g/mol. The third kappa shape index (κ3) is 3.92. The average Bonchev–Trinajstić information content (AvgIpc) is 2.98. The van der Waals surface area contributed by atoms with Crippen molar-refractivity contribution in [3.63, 3.8) is 0 Å². The Kier molecular flexibility index (Phi) is 5.77. The van der Waals surface area contributed by atoms with E-state index in [9.17, 15) is 4.79 Å². The number of carbonyl (C=O) groups is 1. The van der Waals surface area contributed by atoms with E-state index in [1.54, 1.807) is 0 Å². The first-order valence-electron chi connectivity index (χ1n) is 7.34. The molecule has 0 bridgehead atoms. The molecule has 3 nitrogen and oxygen atoms in total. The molecule has 1 unspecified atom stereocenters. The molecule has 0 aliphatic heterocycles. The summed E-state index contributed by atoms with van der Waals surface area (Å²) < 4.78 is 4.84. The highest BCUT2D eigenvalue weighted by atomic mass is 32.2. The van der Waals surface area contributed by atoms with E-state index in [1.165, 1.54) is 37.7 Å². The van der Waals surface area contributed by atoms with E-state index >= 15 is 0 Å². The molecule has 20 heavy (non-hydrogen) atoms. The van der Waals surface area contributed by atoms with E-state index in [1.807, 2.05) is 30.8 Å². The number of carbonyl (C=O) groups excluding carboxylic acids is 1. The maximum absolute atomic E-state index is 11.7. The molecular formula is C16H23NO2S. The Morgan fingerprint density at radius 2 is 2.10 bits per heavy atom. The van der Waals surface area contributed by atoms with Gasteiger partial charge in [0.05, 0.1) is 7.11 Å². The summed E-state index contributed by atoms with van der Waals surface area (Å²) in [5.41, 5.74) is 1.04. The number of ether oxygens (including phenoxy) is 1. The monoisotopic (exact) mass is 293 g/mol. The molecule has 0 aromatic heterocycles. The summed E-state index contributed by atoms with van der Waals surface area (Å²) in [5, 5.41) is 4.05. The quantitative estimate of drug-likeness (QED) is 0.802. The lowest BCUT2D eigenvalue weighted by Crippen LogP contribution is -2.30. The number of methoxy groups -OCH3 is 1. The zero-order valence-corrected chi connectivity index (χ0v) is 13.0. The maximum atomic E-state index is 11.7. The molecule has 1 N–H and O–H groups in total. The Morgan fingerprint density at radius 1 is 1.40 bits per heavy atom. The Balaban J connectivity index is 2.08. The van der Waals surface area contributed by atoms with Crippen LogP contribution in [0, 0.1) is 0 Å². The summed E-state index contributed by atoms with van der Waals surface area (Å²) in [6.07, 6.45) is 6.00. The van der Waals surface area contributed by atoms with Crippen LogP contribution in [0.1, 0.15) is 39.0 Å². The molecule has 1 fully saturated rings. The molecule has 1 aromatic rings. The van der Waals surface area contributed by atoms with Gasteiger partial charge in [0.1, 0.15) is 6.04 Å². The van der Waals surface area contributed by atoms with Gasteiger partial charge in [-0.05, 0) is 31.4 Å². The summed E-state index contributed by atoms with van der Waals surface area (Å²) in [7, 11) is 1.44. The highest BCUT2D eigenvalue weighted by Gasteiger charge is 2.20. The van der Waals surface area contributed by atoms with Gasteiger partial charge in [-0.15, -0.1) is 11.8 Å². The third-order valence-electron chi connectivity index (χ3n) is 3.71. The molecule has 0 saturated heterocycles. The minimum absolute atomic E-state index is 0.201. The van der Waals surface area contributed by atoms with Gasteiger partial charge in [0, 0.05) is 15.8 Å². The predicted molar refractivity (Wildman–Crippen MR) is 84.3 cm³/mol. The fourth-order valence-electron chi connectivity index (χ4n) is 2.53. The van der Waals surface area contributed by atoms with E-state index in [2.05, 4.69) is 17.4 Å². The van der Waals surface area contributed by atoms with E-state index < -0.39 is 0 Å². The lowest BCUT2D eigenvalue weighted by atomic mass is 10.2. The van der Waals surface area contributed by atoms with Gasteiger partial charge in [-0.25, -0.2) is 4.79 Å². The molecule has 1 aromatic carbocycles. The molecule has 4 heteroatoms. The molecule has 0 spiro atoms. The van der Waals surface area contributed by atoms with Gasteiger partial charge in [0.2, 0.25) is 0 Å². The van der Waals surface area contributed by atoms with E-state index in [0.717, 1.165) is 17.4 Å². The van der Waals surface area contributed by atoms with Crippen molar-refractivity contribution in [1.82, 2.24) is 0 Å². The number of hydrogen-bond acceptors (Lipinski definition) is 4. The van der Waals surface area contributed by atoms with Gasteiger partial charge in [0.25, 0.3) is 0 Å². The normalized spacial score (nSPS) is 16.9. The van der Waals surface area contributed by atoms with Gasteiger partial charge in [-0.2, -0.15) is 0 Å². The Hall–Kier alpha value is -1.16. The van der Waals surface area contributed by atoms with Crippen molar-refractivity contribution in [3.05, 3.63) is 24.3 Å². The average molecular weight is 293 g/mol. The second-order valence-corrected chi connectivity index (χ2v) is 6.49. The van der Waals surface area contributed by atoms with Crippen molar-refractivity contribution in [2.45, 2.75) is 55.2 Å². The molecule has 2 rings (SSSR count). The van der Waals surface area contributed by atoms with Crippen LogP contribution in [-0.2, 0) is 9.53 Å². The van der Waals surface area contributed by atoms with Gasteiger partial charge < -0.3 is 10.1 Å². The number of thioether (sulfide) groups is 1. The fourth-order valence-corrected chi connectivity index (χ4v) is 3.87. The zero-order chi connectivity index (χ0) is 14.4. The van der Waals surface area contributed by atoms with Crippen molar-refractivity contribution in [3.8, 4) is 0 Å². The van der Waals surface area contributed by atoms with Crippen LogP contribution in [0.4, 0.5) is 5.69 Å². The first-order valence-corrected chi connectivity index (χ1v) is 8.22. The summed E-state index contributed by atoms with van der Waals surface area (Å²) in [4.78, 5) is 12.9. The Morgan fingerprint density at radius 3 is 2.75 bits per heavy atom. The third-order valence-corrected chi connectivity index (χ3v) is 5.12. The summed E-state index contributed by atoms with van der Waals surface area (Å²) >= 11 is 1.94. The molecule has 1 saturated carbocycles. The minimum atomic E-state index is -0.273. The largest absolute Gasteiger partial charge is 0.467 e. The summed E-state index contributed by atoms with van der Waals surface area (Å²) in [5.74, 6) is -0.201. The van der Waals surface area contributed by atoms with Crippen LogP contribution >= 0.6 is 11.8 Å². The fraction of sp³-hybridized carbons (Fsp3) is 0.562. The van der Waals surface area contributed by atoms with Crippen molar-refractivity contribution in [1.29, 1.82) is 0 Å². The highest BCUT2D eigenvalue weighted by Crippen LogP contribution is 2.38. The van der Waals surface area contributed by atoms with Crippen molar-refractivity contribution in [2.75, 3.05) is 12.4 Å². The highest BCUT2D eigenvalue weighted by molar-refractivity contribution is 8.00. The van der Waals surface area contributed by atoms with Crippen LogP contribution in [0.2, 0.25) is 0 Å². The number of nitrogens with one attached hydrogen (secondary N) is 1. The van der Waals surface area contributed by atoms with Crippen LogP contribution in [0.5, 0.6) is 0 Å². The second kappa shape index (κ2) is 7.58. The van der Waals surface area contributed by atoms with Crippen LogP contribution < -0.4 is 5.32 Å². The predicted octanol–water partition coefficient (Wildman–Crippen LogP) is 4.08. The van der Waals surface area contributed by atoms with Gasteiger partial charge in [-0.3, -0.25) is 0 Å². The lowest BCUT2D eigenvalue weighted by Gasteiger charge is -2.19. The molecule has 110 valence electrons. The van der Waals surface area contributed by atoms with Gasteiger partial charge >= 0.3 is 5.97 Å². The zero-order valence-electron chi connectivity index (χ0n) is 12.2. The molecule has 1 atom stereocenters. The van der Waals surface area contributed by atoms with Gasteiger partial charge in [-0.1, -0.05) is 31.9 Å². The molecule has 1 aliphatic rings. The number of anilines is 1. The van der Waals surface area contributed by atoms with Crippen molar-refractivity contribution < 1.29 is 9.53 Å². The van der Waals surface area contributed by atoms with Crippen LogP contribution in [-0.4, -0.2) is 24.4 Å². The van der Waals surface area contributed by atoms with Gasteiger partial charge in [0.15, 0.2) is 0 Å². The smallest absolute Gasteiger partial charge is 0.328 e. The van der Waals surface area contributed by atoms with E-state index in [0.29, 0.717) is 0 Å². The molecule has 0 radical (unpaired) electrons. The van der Waals surface area contributed by atoms with Crippen LogP contribution in [0.3, 0.4) is 0 Å². The van der Waals surface area contributed by atoms with E-state index in [-0.39, 0.29) is 12.0 Å². The number of benzene rings is 1. The first-order chi connectivity index (χ1) is 9.74. The molecule has 0 heterocycles. The summed E-state index contributed by atoms with van der Waals surface area (Å²) in [6.45, 7) is 1.99. The number of rotatable bonds is 6. The summed E-state index contributed by atoms with van der Waals surface area (Å²) in [6, 6.07) is 7.97. The number of para-hydroxylation sites is 1. The standard InChI is InChI=1S/C16H23NO2S/c1-3-13(16(18)19-2)17-14-10-6-7-11-15(14)20-12-8-4-5-9-12/h6-7,10-13,17H,3-5,8-9H2,1-2H3. The number of hydrogen-bond donors (Lipinski definition) is 1. The molecule has 1 aliphatic carbocycles. The minimum Gasteiger partial charge on any atom is -0.467 e.